The highest BCUT2D eigenvalue weighted by atomic mass is 79.9. The molecule has 0 radical (unpaired) electrons. The number of halogens is 1. The molecule has 0 fully saturated rings. The first-order valence-electron chi connectivity index (χ1n) is 6.79. The monoisotopic (exact) mass is 326 g/mol. The first-order valence-corrected chi connectivity index (χ1v) is 7.58. The van der Waals surface area contributed by atoms with Crippen LogP contribution in [0.25, 0.3) is 0 Å². The van der Waals surface area contributed by atoms with Gasteiger partial charge in [-0.1, -0.05) is 6.92 Å². The topological polar surface area (TPSA) is 53.6 Å². The summed E-state index contributed by atoms with van der Waals surface area (Å²) >= 11 is 3.54. The van der Waals surface area contributed by atoms with Gasteiger partial charge in [0.15, 0.2) is 0 Å². The van der Waals surface area contributed by atoms with Crippen LogP contribution in [-0.4, -0.2) is 21.9 Å². The maximum Gasteiger partial charge on any atom is 0.103 e. The van der Waals surface area contributed by atoms with Crippen LogP contribution < -0.4 is 5.32 Å². The van der Waals surface area contributed by atoms with Crippen LogP contribution >= 0.6 is 15.9 Å². The van der Waals surface area contributed by atoms with Crippen molar-refractivity contribution in [2.45, 2.75) is 59.0 Å². The van der Waals surface area contributed by atoms with Crippen LogP contribution in [0.2, 0.25) is 0 Å². The van der Waals surface area contributed by atoms with Crippen LogP contribution in [0.5, 0.6) is 0 Å². The zero-order valence-electron chi connectivity index (χ0n) is 12.3. The van der Waals surface area contributed by atoms with E-state index >= 15 is 0 Å². The Morgan fingerprint density at radius 2 is 2.11 bits per heavy atom. The lowest BCUT2D eigenvalue weighted by atomic mass is 9.96. The van der Waals surface area contributed by atoms with E-state index in [2.05, 4.69) is 39.3 Å². The molecule has 4 nitrogen and oxygen atoms in total. The number of nitrogens with one attached hydrogen (secondary N) is 1. The van der Waals surface area contributed by atoms with Gasteiger partial charge in [0.1, 0.15) is 5.54 Å². The second kappa shape index (κ2) is 7.06. The second-order valence-electron chi connectivity index (χ2n) is 5.14. The van der Waals surface area contributed by atoms with E-state index in [1.54, 1.807) is 0 Å². The fraction of sp³-hybridized carbons (Fsp3) is 0.714. The lowest BCUT2D eigenvalue weighted by Gasteiger charge is -2.22. The van der Waals surface area contributed by atoms with E-state index < -0.39 is 5.54 Å². The molecular weight excluding hydrogens is 304 g/mol. The zero-order chi connectivity index (χ0) is 14.5. The van der Waals surface area contributed by atoms with E-state index in [1.807, 2.05) is 25.5 Å². The Hall–Kier alpha value is -0.860. The number of nitrogens with zero attached hydrogens (tertiary/aromatic N) is 3. The van der Waals surface area contributed by atoms with Crippen molar-refractivity contribution in [2.24, 2.45) is 0 Å². The van der Waals surface area contributed by atoms with Gasteiger partial charge in [-0.2, -0.15) is 10.4 Å². The third-order valence-electron chi connectivity index (χ3n) is 3.40. The first-order chi connectivity index (χ1) is 8.93. The van der Waals surface area contributed by atoms with Crippen molar-refractivity contribution in [3.63, 3.8) is 0 Å². The predicted molar refractivity (Wildman–Crippen MR) is 80.9 cm³/mol. The molecule has 0 aliphatic rings. The Morgan fingerprint density at radius 1 is 1.42 bits per heavy atom. The lowest BCUT2D eigenvalue weighted by molar-refractivity contribution is 0.400. The molecule has 1 heterocycles. The van der Waals surface area contributed by atoms with Crippen LogP contribution in [0.3, 0.4) is 0 Å². The molecule has 1 unspecified atom stereocenters. The molecule has 1 N–H and O–H groups in total. The van der Waals surface area contributed by atoms with E-state index in [0.717, 1.165) is 42.5 Å². The molecule has 0 saturated carbocycles. The fourth-order valence-electron chi connectivity index (χ4n) is 2.21. The van der Waals surface area contributed by atoms with E-state index in [-0.39, 0.29) is 0 Å². The SMILES string of the molecule is CCNC(C)(C#N)CCCCn1nc(C)c(Br)c1C. The summed E-state index contributed by atoms with van der Waals surface area (Å²) in [6.45, 7) is 9.81. The Morgan fingerprint density at radius 3 is 2.58 bits per heavy atom. The third kappa shape index (κ3) is 4.32. The zero-order valence-corrected chi connectivity index (χ0v) is 13.8. The molecule has 19 heavy (non-hydrogen) atoms. The molecule has 0 spiro atoms. The van der Waals surface area contributed by atoms with Crippen molar-refractivity contribution in [2.75, 3.05) is 6.54 Å². The summed E-state index contributed by atoms with van der Waals surface area (Å²) in [7, 11) is 0. The van der Waals surface area contributed by atoms with Gasteiger partial charge in [0.2, 0.25) is 0 Å². The number of aryl methyl sites for hydroxylation is 2. The maximum atomic E-state index is 9.18. The van der Waals surface area contributed by atoms with Gasteiger partial charge < -0.3 is 0 Å². The molecule has 106 valence electrons. The van der Waals surface area contributed by atoms with Gasteiger partial charge >= 0.3 is 0 Å². The summed E-state index contributed by atoms with van der Waals surface area (Å²) < 4.78 is 3.14. The number of aromatic nitrogens is 2. The van der Waals surface area contributed by atoms with Crippen LogP contribution in [-0.2, 0) is 6.54 Å². The Labute approximate surface area is 124 Å². The predicted octanol–water partition coefficient (Wildman–Crippen LogP) is 3.32. The molecule has 0 aliphatic carbocycles. The van der Waals surface area contributed by atoms with Crippen LogP contribution in [0.4, 0.5) is 0 Å². The molecule has 0 amide bonds. The normalized spacial score (nSPS) is 14.1. The smallest absolute Gasteiger partial charge is 0.103 e. The molecule has 0 saturated heterocycles. The molecule has 0 aliphatic heterocycles. The highest BCUT2D eigenvalue weighted by Crippen LogP contribution is 2.20. The van der Waals surface area contributed by atoms with Gasteiger partial charge in [0, 0.05) is 12.2 Å². The molecule has 1 aromatic rings. The van der Waals surface area contributed by atoms with Crippen molar-refractivity contribution >= 4 is 15.9 Å². The molecule has 1 aromatic heterocycles. The number of hydrogen-bond donors (Lipinski definition) is 1. The number of nitriles is 1. The summed E-state index contributed by atoms with van der Waals surface area (Å²) in [5, 5.41) is 16.9. The summed E-state index contributed by atoms with van der Waals surface area (Å²) in [6, 6.07) is 2.36. The van der Waals surface area contributed by atoms with Gasteiger partial charge in [-0.05, 0) is 62.5 Å². The minimum absolute atomic E-state index is 0.398. The largest absolute Gasteiger partial charge is 0.300 e. The van der Waals surface area contributed by atoms with Gasteiger partial charge in [-0.3, -0.25) is 10.00 Å². The highest BCUT2D eigenvalue weighted by molar-refractivity contribution is 9.10. The lowest BCUT2D eigenvalue weighted by Crippen LogP contribution is -2.40. The van der Waals surface area contributed by atoms with Crippen LogP contribution in [0.15, 0.2) is 4.47 Å². The van der Waals surface area contributed by atoms with Crippen molar-refractivity contribution in [1.82, 2.24) is 15.1 Å². The summed E-state index contributed by atoms with van der Waals surface area (Å²) in [5.41, 5.74) is 1.81. The van der Waals surface area contributed by atoms with Gasteiger partial charge in [-0.25, -0.2) is 0 Å². The highest BCUT2D eigenvalue weighted by Gasteiger charge is 2.21. The van der Waals surface area contributed by atoms with Gasteiger partial charge in [0.25, 0.3) is 0 Å². The van der Waals surface area contributed by atoms with Crippen molar-refractivity contribution in [3.05, 3.63) is 15.9 Å². The van der Waals surface area contributed by atoms with Gasteiger partial charge in [-0.15, -0.1) is 0 Å². The third-order valence-corrected chi connectivity index (χ3v) is 4.55. The standard InChI is InChI=1S/C14H23BrN4/c1-5-17-14(4,10-16)8-6-7-9-19-12(3)13(15)11(2)18-19/h17H,5-9H2,1-4H3. The number of hydrogen-bond acceptors (Lipinski definition) is 3. The molecule has 5 heteroatoms. The average Bonchev–Trinajstić information content (AvgIpc) is 2.63. The summed E-state index contributed by atoms with van der Waals surface area (Å²) in [4.78, 5) is 0. The minimum atomic E-state index is -0.398. The number of unbranched alkanes of at least 4 members (excludes halogenated alkanes) is 1. The first kappa shape index (κ1) is 16.2. The van der Waals surface area contributed by atoms with E-state index in [0.29, 0.717) is 0 Å². The Balaban J connectivity index is 2.43. The molecule has 0 bridgehead atoms. The van der Waals surface area contributed by atoms with E-state index in [4.69, 9.17) is 0 Å². The molecule has 0 aromatic carbocycles. The number of rotatable bonds is 7. The molecule has 1 atom stereocenters. The van der Waals surface area contributed by atoms with Crippen molar-refractivity contribution < 1.29 is 0 Å². The van der Waals surface area contributed by atoms with Crippen molar-refractivity contribution in [1.29, 1.82) is 5.26 Å². The van der Waals surface area contributed by atoms with Gasteiger partial charge in [0.05, 0.1) is 16.2 Å². The van der Waals surface area contributed by atoms with E-state index in [9.17, 15) is 5.26 Å². The Kier molecular flexibility index (Phi) is 6.02. The molecular formula is C14H23BrN4. The van der Waals surface area contributed by atoms with Crippen LogP contribution in [0, 0.1) is 25.2 Å². The fourth-order valence-corrected chi connectivity index (χ4v) is 2.49. The minimum Gasteiger partial charge on any atom is -0.300 e. The summed E-state index contributed by atoms with van der Waals surface area (Å²) in [6.07, 6.45) is 2.93. The Bertz CT molecular complexity index is 461. The van der Waals surface area contributed by atoms with Crippen LogP contribution in [0.1, 0.15) is 44.5 Å². The molecule has 1 rings (SSSR count). The maximum absolute atomic E-state index is 9.18. The second-order valence-corrected chi connectivity index (χ2v) is 5.93. The quantitative estimate of drug-likeness (QED) is 0.782. The van der Waals surface area contributed by atoms with E-state index in [1.165, 1.54) is 5.69 Å². The van der Waals surface area contributed by atoms with Crippen molar-refractivity contribution in [3.8, 4) is 6.07 Å². The average molecular weight is 327 g/mol. The summed E-state index contributed by atoms with van der Waals surface area (Å²) in [5.74, 6) is 0.